The van der Waals surface area contributed by atoms with Crippen LogP contribution in [0.15, 0.2) is 29.4 Å². The number of carboxylic acids is 1. The number of hydrogen-bond donors (Lipinski definition) is 2. The molecule has 5 nitrogen and oxygen atoms in total. The summed E-state index contributed by atoms with van der Waals surface area (Å²) in [5, 5.41) is 12.2. The van der Waals surface area contributed by atoms with E-state index in [1.54, 1.807) is 12.4 Å². The lowest BCUT2D eigenvalue weighted by Crippen LogP contribution is -2.44. The topological polar surface area (TPSA) is 79.3 Å². The van der Waals surface area contributed by atoms with E-state index in [1.165, 1.54) is 11.8 Å². The van der Waals surface area contributed by atoms with E-state index in [9.17, 15) is 14.7 Å². The van der Waals surface area contributed by atoms with Crippen LogP contribution in [0.3, 0.4) is 0 Å². The number of aliphatic carboxylic acids is 1. The monoisotopic (exact) mass is 308 g/mol. The molecule has 0 spiro atoms. The summed E-state index contributed by atoms with van der Waals surface area (Å²) in [5.74, 6) is -0.619. The fourth-order valence-corrected chi connectivity index (χ4v) is 3.31. The highest BCUT2D eigenvalue weighted by Gasteiger charge is 2.39. The van der Waals surface area contributed by atoms with Gasteiger partial charge >= 0.3 is 5.97 Å². The maximum absolute atomic E-state index is 11.9. The molecular formula is C15H20N2O3S. The highest BCUT2D eigenvalue weighted by molar-refractivity contribution is 8.00. The van der Waals surface area contributed by atoms with E-state index in [2.05, 4.69) is 10.3 Å². The molecule has 0 aromatic carbocycles. The van der Waals surface area contributed by atoms with E-state index in [0.717, 1.165) is 24.2 Å². The first-order chi connectivity index (χ1) is 10.1. The third-order valence-electron chi connectivity index (χ3n) is 3.91. The predicted octanol–water partition coefficient (Wildman–Crippen LogP) is 2.33. The standard InChI is InChI=1S/C15H20N2O3S/c18-13(10-21-12-4-8-16-9-5-12)17-11-15(14(19)20)6-2-1-3-7-15/h4-5,8-9H,1-3,6-7,10-11H2,(H,17,18)(H,19,20). The lowest BCUT2D eigenvalue weighted by Gasteiger charge is -2.33. The molecule has 0 radical (unpaired) electrons. The van der Waals surface area contributed by atoms with Crippen LogP contribution in [0.4, 0.5) is 0 Å². The molecule has 21 heavy (non-hydrogen) atoms. The summed E-state index contributed by atoms with van der Waals surface area (Å²) < 4.78 is 0. The third kappa shape index (κ3) is 4.46. The van der Waals surface area contributed by atoms with Gasteiger partial charge in [0.15, 0.2) is 0 Å². The minimum absolute atomic E-state index is 0.122. The van der Waals surface area contributed by atoms with Crippen molar-refractivity contribution >= 4 is 23.6 Å². The number of amides is 1. The van der Waals surface area contributed by atoms with Crippen molar-refractivity contribution in [3.63, 3.8) is 0 Å². The average molecular weight is 308 g/mol. The van der Waals surface area contributed by atoms with Crippen LogP contribution in [0.2, 0.25) is 0 Å². The molecule has 1 aliphatic rings. The van der Waals surface area contributed by atoms with Gasteiger partial charge in [0.25, 0.3) is 0 Å². The Morgan fingerprint density at radius 3 is 2.52 bits per heavy atom. The van der Waals surface area contributed by atoms with Crippen molar-refractivity contribution in [3.05, 3.63) is 24.5 Å². The van der Waals surface area contributed by atoms with E-state index < -0.39 is 11.4 Å². The van der Waals surface area contributed by atoms with Gasteiger partial charge in [0.2, 0.25) is 5.91 Å². The Labute approximate surface area is 128 Å². The zero-order valence-electron chi connectivity index (χ0n) is 11.9. The first-order valence-electron chi connectivity index (χ1n) is 7.15. The van der Waals surface area contributed by atoms with Crippen molar-refractivity contribution in [1.82, 2.24) is 10.3 Å². The number of hydrogen-bond acceptors (Lipinski definition) is 4. The van der Waals surface area contributed by atoms with E-state index in [0.29, 0.717) is 18.6 Å². The van der Waals surface area contributed by atoms with E-state index in [-0.39, 0.29) is 12.5 Å². The number of rotatable bonds is 6. The maximum atomic E-state index is 11.9. The Morgan fingerprint density at radius 2 is 1.90 bits per heavy atom. The highest BCUT2D eigenvalue weighted by Crippen LogP contribution is 2.36. The summed E-state index contributed by atoms with van der Waals surface area (Å²) in [4.78, 5) is 28.3. The fourth-order valence-electron chi connectivity index (χ4n) is 2.60. The zero-order valence-corrected chi connectivity index (χ0v) is 12.7. The molecule has 6 heteroatoms. The summed E-state index contributed by atoms with van der Waals surface area (Å²) in [6.07, 6.45) is 7.60. The Bertz CT molecular complexity index is 487. The van der Waals surface area contributed by atoms with Crippen molar-refractivity contribution in [3.8, 4) is 0 Å². The summed E-state index contributed by atoms with van der Waals surface area (Å²) in [6, 6.07) is 3.69. The Morgan fingerprint density at radius 1 is 1.24 bits per heavy atom. The molecule has 0 saturated heterocycles. The first kappa shape index (κ1) is 15.8. The number of carbonyl (C=O) groups excluding carboxylic acids is 1. The van der Waals surface area contributed by atoms with Gasteiger partial charge in [-0.05, 0) is 25.0 Å². The minimum atomic E-state index is -0.788. The molecule has 0 bridgehead atoms. The second-order valence-electron chi connectivity index (χ2n) is 5.39. The fraction of sp³-hybridized carbons (Fsp3) is 0.533. The number of carboxylic acid groups (broad SMARTS) is 1. The number of aromatic nitrogens is 1. The summed E-state index contributed by atoms with van der Waals surface area (Å²) >= 11 is 1.42. The van der Waals surface area contributed by atoms with Crippen LogP contribution in [0, 0.1) is 5.41 Å². The van der Waals surface area contributed by atoms with Crippen molar-refractivity contribution < 1.29 is 14.7 Å². The molecule has 2 rings (SSSR count). The Balaban J connectivity index is 1.80. The molecule has 1 fully saturated rings. The van der Waals surface area contributed by atoms with E-state index in [4.69, 9.17) is 0 Å². The molecule has 0 atom stereocenters. The molecule has 2 N–H and O–H groups in total. The quantitative estimate of drug-likeness (QED) is 0.789. The number of pyridine rings is 1. The molecule has 1 amide bonds. The van der Waals surface area contributed by atoms with Crippen LogP contribution in [0.5, 0.6) is 0 Å². The second kappa shape index (κ2) is 7.45. The zero-order chi connectivity index (χ0) is 15.1. The molecule has 1 aliphatic carbocycles. The molecule has 1 aromatic heterocycles. The van der Waals surface area contributed by atoms with Gasteiger partial charge in [-0.3, -0.25) is 14.6 Å². The maximum Gasteiger partial charge on any atom is 0.311 e. The Kier molecular flexibility index (Phi) is 5.61. The van der Waals surface area contributed by atoms with Crippen LogP contribution in [-0.2, 0) is 9.59 Å². The van der Waals surface area contributed by atoms with E-state index in [1.807, 2.05) is 12.1 Å². The van der Waals surface area contributed by atoms with Crippen LogP contribution in [0.1, 0.15) is 32.1 Å². The summed E-state index contributed by atoms with van der Waals surface area (Å²) in [6.45, 7) is 0.234. The lowest BCUT2D eigenvalue weighted by atomic mass is 9.74. The third-order valence-corrected chi connectivity index (χ3v) is 4.92. The normalized spacial score (nSPS) is 17.1. The predicted molar refractivity (Wildman–Crippen MR) is 81.1 cm³/mol. The van der Waals surface area contributed by atoms with Crippen molar-refractivity contribution in [1.29, 1.82) is 0 Å². The summed E-state index contributed by atoms with van der Waals surface area (Å²) in [7, 11) is 0. The van der Waals surface area contributed by atoms with Gasteiger partial charge in [0, 0.05) is 23.8 Å². The van der Waals surface area contributed by atoms with Gasteiger partial charge in [-0.25, -0.2) is 0 Å². The second-order valence-corrected chi connectivity index (χ2v) is 6.44. The SMILES string of the molecule is O=C(CSc1ccncc1)NCC1(C(=O)O)CCCCC1. The molecule has 0 aliphatic heterocycles. The van der Waals surface area contributed by atoms with Crippen molar-refractivity contribution in [2.24, 2.45) is 5.41 Å². The van der Waals surface area contributed by atoms with E-state index >= 15 is 0 Å². The van der Waals surface area contributed by atoms with Crippen molar-refractivity contribution in [2.75, 3.05) is 12.3 Å². The van der Waals surface area contributed by atoms with Gasteiger partial charge in [0.05, 0.1) is 11.2 Å². The van der Waals surface area contributed by atoms with Gasteiger partial charge in [0.1, 0.15) is 0 Å². The number of nitrogens with zero attached hydrogens (tertiary/aromatic N) is 1. The van der Waals surface area contributed by atoms with Gasteiger partial charge < -0.3 is 10.4 Å². The first-order valence-corrected chi connectivity index (χ1v) is 8.14. The molecular weight excluding hydrogens is 288 g/mol. The van der Waals surface area contributed by atoms with Crippen LogP contribution >= 0.6 is 11.8 Å². The molecule has 1 saturated carbocycles. The molecule has 0 unspecified atom stereocenters. The molecule has 1 aromatic rings. The van der Waals surface area contributed by atoms with Crippen LogP contribution < -0.4 is 5.32 Å². The smallest absolute Gasteiger partial charge is 0.311 e. The van der Waals surface area contributed by atoms with Crippen molar-refractivity contribution in [2.45, 2.75) is 37.0 Å². The number of carbonyl (C=O) groups is 2. The minimum Gasteiger partial charge on any atom is -0.481 e. The number of thioether (sulfide) groups is 1. The van der Waals surface area contributed by atoms with Gasteiger partial charge in [-0.1, -0.05) is 19.3 Å². The molecule has 114 valence electrons. The van der Waals surface area contributed by atoms with Gasteiger partial charge in [-0.2, -0.15) is 0 Å². The van der Waals surface area contributed by atoms with Crippen LogP contribution in [0.25, 0.3) is 0 Å². The molecule has 1 heterocycles. The summed E-state index contributed by atoms with van der Waals surface area (Å²) in [5.41, 5.74) is -0.769. The van der Waals surface area contributed by atoms with Crippen LogP contribution in [-0.4, -0.2) is 34.3 Å². The lowest BCUT2D eigenvalue weighted by molar-refractivity contribution is -0.150. The van der Waals surface area contributed by atoms with Gasteiger partial charge in [-0.15, -0.1) is 11.8 Å². The average Bonchev–Trinajstić information content (AvgIpc) is 2.52. The largest absolute Gasteiger partial charge is 0.481 e. The highest BCUT2D eigenvalue weighted by atomic mass is 32.2. The Hall–Kier alpha value is -1.56. The number of nitrogens with one attached hydrogen (secondary N) is 1.